The molecule has 1 fully saturated rings. The number of amides is 1. The number of hydrogen-bond acceptors (Lipinski definition) is 2. The quantitative estimate of drug-likeness (QED) is 0.850. The van der Waals surface area contributed by atoms with Gasteiger partial charge in [-0.15, -0.1) is 0 Å². The number of piperidine rings is 1. The van der Waals surface area contributed by atoms with Gasteiger partial charge in [0.15, 0.2) is 0 Å². The summed E-state index contributed by atoms with van der Waals surface area (Å²) in [6, 6.07) is 7.09. The van der Waals surface area contributed by atoms with E-state index in [1.807, 2.05) is 12.1 Å². The number of hydrogen-bond donors (Lipinski definition) is 2. The van der Waals surface area contributed by atoms with Crippen molar-refractivity contribution in [3.05, 3.63) is 29.3 Å². The molecule has 0 saturated carbocycles. The molecule has 1 aliphatic heterocycles. The number of rotatable bonds is 2. The highest BCUT2D eigenvalue weighted by molar-refractivity contribution is 6.30. The van der Waals surface area contributed by atoms with Gasteiger partial charge in [0.1, 0.15) is 0 Å². The standard InChI is InChI=1S/C13H17ClN2O/c1-9-6-7-15-12(8-9)13(17)16-11-4-2-10(14)3-5-11/h2-5,9,12,15H,6-8H2,1H3,(H,16,17). The second-order valence-corrected chi connectivity index (χ2v) is 5.07. The van der Waals surface area contributed by atoms with Crippen LogP contribution in [0.25, 0.3) is 0 Å². The molecule has 0 aromatic heterocycles. The van der Waals surface area contributed by atoms with Crippen LogP contribution in [0.15, 0.2) is 24.3 Å². The number of benzene rings is 1. The fraction of sp³-hybridized carbons (Fsp3) is 0.462. The normalized spacial score (nSPS) is 24.4. The predicted octanol–water partition coefficient (Wildman–Crippen LogP) is 2.67. The SMILES string of the molecule is CC1CCNC(C(=O)Nc2ccc(Cl)cc2)C1. The van der Waals surface area contributed by atoms with E-state index in [1.165, 1.54) is 0 Å². The van der Waals surface area contributed by atoms with Crippen LogP contribution >= 0.6 is 11.6 Å². The third-order valence-electron chi connectivity index (χ3n) is 3.09. The molecule has 17 heavy (non-hydrogen) atoms. The molecule has 1 aromatic carbocycles. The Labute approximate surface area is 107 Å². The molecule has 1 aliphatic rings. The van der Waals surface area contributed by atoms with Gasteiger partial charge < -0.3 is 10.6 Å². The van der Waals surface area contributed by atoms with Crippen molar-refractivity contribution in [3.8, 4) is 0 Å². The minimum atomic E-state index is -0.0746. The van der Waals surface area contributed by atoms with Crippen LogP contribution in [0.1, 0.15) is 19.8 Å². The maximum atomic E-state index is 12.0. The van der Waals surface area contributed by atoms with Crippen molar-refractivity contribution < 1.29 is 4.79 Å². The van der Waals surface area contributed by atoms with E-state index in [1.54, 1.807) is 12.1 Å². The Bertz CT molecular complexity index is 391. The average Bonchev–Trinajstić information content (AvgIpc) is 2.32. The first-order valence-corrected chi connectivity index (χ1v) is 6.33. The maximum absolute atomic E-state index is 12.0. The Kier molecular flexibility index (Phi) is 4.02. The summed E-state index contributed by atoms with van der Waals surface area (Å²) < 4.78 is 0. The molecular weight excluding hydrogens is 236 g/mol. The molecule has 1 heterocycles. The van der Waals surface area contributed by atoms with Gasteiger partial charge in [0.05, 0.1) is 6.04 Å². The van der Waals surface area contributed by atoms with Crippen molar-refractivity contribution in [3.63, 3.8) is 0 Å². The Morgan fingerprint density at radius 3 is 2.76 bits per heavy atom. The zero-order valence-corrected chi connectivity index (χ0v) is 10.6. The van der Waals surface area contributed by atoms with Gasteiger partial charge >= 0.3 is 0 Å². The first-order valence-electron chi connectivity index (χ1n) is 5.95. The van der Waals surface area contributed by atoms with Gasteiger partial charge in [0.25, 0.3) is 0 Å². The van der Waals surface area contributed by atoms with Gasteiger partial charge in [-0.25, -0.2) is 0 Å². The van der Waals surface area contributed by atoms with Crippen LogP contribution in [0.4, 0.5) is 5.69 Å². The first kappa shape index (κ1) is 12.4. The van der Waals surface area contributed by atoms with E-state index in [0.717, 1.165) is 25.1 Å². The monoisotopic (exact) mass is 252 g/mol. The Hall–Kier alpha value is -1.06. The van der Waals surface area contributed by atoms with Crippen molar-refractivity contribution in [1.29, 1.82) is 0 Å². The van der Waals surface area contributed by atoms with Gasteiger partial charge in [0.2, 0.25) is 5.91 Å². The highest BCUT2D eigenvalue weighted by atomic mass is 35.5. The van der Waals surface area contributed by atoms with Crippen LogP contribution < -0.4 is 10.6 Å². The summed E-state index contributed by atoms with van der Waals surface area (Å²) in [6.45, 7) is 3.10. The Morgan fingerprint density at radius 2 is 2.12 bits per heavy atom. The summed E-state index contributed by atoms with van der Waals surface area (Å²) >= 11 is 5.79. The number of carbonyl (C=O) groups excluding carboxylic acids is 1. The molecular formula is C13H17ClN2O. The smallest absolute Gasteiger partial charge is 0.241 e. The summed E-state index contributed by atoms with van der Waals surface area (Å²) in [5.74, 6) is 0.649. The molecule has 92 valence electrons. The third kappa shape index (κ3) is 3.45. The van der Waals surface area contributed by atoms with Crippen LogP contribution in [0.2, 0.25) is 5.02 Å². The van der Waals surface area contributed by atoms with Crippen LogP contribution in [0, 0.1) is 5.92 Å². The summed E-state index contributed by atoms with van der Waals surface area (Å²) in [6.07, 6.45) is 2.05. The third-order valence-corrected chi connectivity index (χ3v) is 3.35. The molecule has 1 aromatic rings. The first-order chi connectivity index (χ1) is 8.15. The summed E-state index contributed by atoms with van der Waals surface area (Å²) in [5.41, 5.74) is 0.791. The zero-order valence-electron chi connectivity index (χ0n) is 9.87. The topological polar surface area (TPSA) is 41.1 Å². The van der Waals surface area contributed by atoms with Gasteiger partial charge in [-0.1, -0.05) is 18.5 Å². The van der Waals surface area contributed by atoms with E-state index in [9.17, 15) is 4.79 Å². The molecule has 2 atom stereocenters. The zero-order chi connectivity index (χ0) is 12.3. The van der Waals surface area contributed by atoms with E-state index in [0.29, 0.717) is 10.9 Å². The fourth-order valence-corrected chi connectivity index (χ4v) is 2.20. The van der Waals surface area contributed by atoms with Gasteiger partial charge in [-0.3, -0.25) is 4.79 Å². The van der Waals surface area contributed by atoms with E-state index >= 15 is 0 Å². The molecule has 2 unspecified atom stereocenters. The van der Waals surface area contributed by atoms with E-state index in [4.69, 9.17) is 11.6 Å². The minimum absolute atomic E-state index is 0.0406. The molecule has 1 amide bonds. The summed E-state index contributed by atoms with van der Waals surface area (Å²) in [7, 11) is 0. The average molecular weight is 253 g/mol. The van der Waals surface area contributed by atoms with E-state index in [2.05, 4.69) is 17.6 Å². The molecule has 0 radical (unpaired) electrons. The van der Waals surface area contributed by atoms with Gasteiger partial charge in [-0.2, -0.15) is 0 Å². The van der Waals surface area contributed by atoms with Crippen molar-refractivity contribution in [2.75, 3.05) is 11.9 Å². The summed E-state index contributed by atoms with van der Waals surface area (Å²) in [5, 5.41) is 6.82. The Balaban J connectivity index is 1.94. The lowest BCUT2D eigenvalue weighted by Crippen LogP contribution is -2.45. The molecule has 2 N–H and O–H groups in total. The van der Waals surface area contributed by atoms with Gasteiger partial charge in [-0.05, 0) is 49.6 Å². The maximum Gasteiger partial charge on any atom is 0.241 e. The highest BCUT2D eigenvalue weighted by Gasteiger charge is 2.24. The van der Waals surface area contributed by atoms with Crippen molar-refractivity contribution in [2.45, 2.75) is 25.8 Å². The van der Waals surface area contributed by atoms with Gasteiger partial charge in [0, 0.05) is 10.7 Å². The van der Waals surface area contributed by atoms with Crippen LogP contribution in [0.3, 0.4) is 0 Å². The molecule has 0 spiro atoms. The number of nitrogens with one attached hydrogen (secondary N) is 2. The van der Waals surface area contributed by atoms with Crippen LogP contribution in [-0.4, -0.2) is 18.5 Å². The van der Waals surface area contributed by atoms with Crippen molar-refractivity contribution >= 4 is 23.2 Å². The van der Waals surface area contributed by atoms with Crippen LogP contribution in [0.5, 0.6) is 0 Å². The van der Waals surface area contributed by atoms with Crippen LogP contribution in [-0.2, 0) is 4.79 Å². The molecule has 3 nitrogen and oxygen atoms in total. The second kappa shape index (κ2) is 5.52. The lowest BCUT2D eigenvalue weighted by Gasteiger charge is -2.27. The molecule has 4 heteroatoms. The molecule has 2 rings (SSSR count). The van der Waals surface area contributed by atoms with Crippen molar-refractivity contribution in [2.24, 2.45) is 5.92 Å². The predicted molar refractivity (Wildman–Crippen MR) is 70.3 cm³/mol. The van der Waals surface area contributed by atoms with E-state index < -0.39 is 0 Å². The fourth-order valence-electron chi connectivity index (χ4n) is 2.07. The second-order valence-electron chi connectivity index (χ2n) is 4.63. The Morgan fingerprint density at radius 1 is 1.41 bits per heavy atom. The number of anilines is 1. The van der Waals surface area contributed by atoms with Crippen molar-refractivity contribution in [1.82, 2.24) is 5.32 Å². The summed E-state index contributed by atoms with van der Waals surface area (Å²) in [4.78, 5) is 12.0. The van der Waals surface area contributed by atoms with E-state index in [-0.39, 0.29) is 11.9 Å². The molecule has 0 aliphatic carbocycles. The number of halogens is 1. The minimum Gasteiger partial charge on any atom is -0.325 e. The number of carbonyl (C=O) groups is 1. The lowest BCUT2D eigenvalue weighted by molar-refractivity contribution is -0.119. The largest absolute Gasteiger partial charge is 0.325 e. The lowest BCUT2D eigenvalue weighted by atomic mass is 9.94. The highest BCUT2D eigenvalue weighted by Crippen LogP contribution is 2.17. The molecule has 1 saturated heterocycles. The molecule has 0 bridgehead atoms.